The van der Waals surface area contributed by atoms with Crippen LogP contribution in [-0.2, 0) is 11.2 Å². The van der Waals surface area contributed by atoms with Crippen LogP contribution in [0.4, 0.5) is 11.5 Å². The largest absolute Gasteiger partial charge is 0.480 e. The third kappa shape index (κ3) is 2.85. The second kappa shape index (κ2) is 5.77. The summed E-state index contributed by atoms with van der Waals surface area (Å²) in [6.45, 7) is 0. The Kier molecular flexibility index (Phi) is 3.65. The first-order chi connectivity index (χ1) is 10.6. The van der Waals surface area contributed by atoms with Gasteiger partial charge in [-0.05, 0) is 23.8 Å². The van der Waals surface area contributed by atoms with Gasteiger partial charge in [-0.3, -0.25) is 0 Å². The molecule has 1 aromatic carbocycles. The predicted octanol–water partition coefficient (Wildman–Crippen LogP) is 2.25. The zero-order chi connectivity index (χ0) is 15.5. The van der Waals surface area contributed by atoms with Crippen LogP contribution >= 0.6 is 0 Å². The second-order valence-electron chi connectivity index (χ2n) is 5.07. The molecule has 1 unspecified atom stereocenters. The van der Waals surface area contributed by atoms with E-state index in [0.717, 1.165) is 16.5 Å². The molecule has 3 rings (SSSR count). The molecule has 6 nitrogen and oxygen atoms in total. The number of aliphatic carboxylic acids is 1. The first kappa shape index (κ1) is 13.9. The maximum atomic E-state index is 11.5. The van der Waals surface area contributed by atoms with Gasteiger partial charge in [-0.2, -0.15) is 0 Å². The Morgan fingerprint density at radius 3 is 2.86 bits per heavy atom. The molecule has 112 valence electrons. The van der Waals surface area contributed by atoms with Gasteiger partial charge in [0.15, 0.2) is 0 Å². The summed E-state index contributed by atoms with van der Waals surface area (Å²) in [4.78, 5) is 18.6. The molecule has 0 radical (unpaired) electrons. The fourth-order valence-electron chi connectivity index (χ4n) is 2.41. The number of rotatable bonds is 5. The molecule has 0 saturated heterocycles. The fourth-order valence-corrected chi connectivity index (χ4v) is 2.41. The lowest BCUT2D eigenvalue weighted by Crippen LogP contribution is -2.31. The number of carboxylic acid groups (broad SMARTS) is 1. The van der Waals surface area contributed by atoms with E-state index in [1.54, 1.807) is 12.1 Å². The van der Waals surface area contributed by atoms with E-state index in [-0.39, 0.29) is 0 Å². The number of anilines is 2. The maximum absolute atomic E-state index is 11.5. The monoisotopic (exact) mass is 296 g/mol. The lowest BCUT2D eigenvalue weighted by molar-refractivity contribution is -0.137. The number of fused-ring (bicyclic) bond motifs is 1. The number of hydrogen-bond donors (Lipinski definition) is 4. The summed E-state index contributed by atoms with van der Waals surface area (Å²) in [6.07, 6.45) is 3.74. The number of aromatic nitrogens is 2. The van der Waals surface area contributed by atoms with E-state index in [4.69, 9.17) is 5.73 Å². The van der Waals surface area contributed by atoms with Gasteiger partial charge in [0, 0.05) is 23.5 Å². The summed E-state index contributed by atoms with van der Waals surface area (Å²) in [5.74, 6) is -0.517. The van der Waals surface area contributed by atoms with E-state index in [2.05, 4.69) is 15.3 Å². The summed E-state index contributed by atoms with van der Waals surface area (Å²) in [5, 5.41) is 13.5. The molecule has 0 fully saturated rings. The fraction of sp³-hybridized carbons (Fsp3) is 0.125. The molecule has 3 aromatic rings. The van der Waals surface area contributed by atoms with Crippen LogP contribution < -0.4 is 11.1 Å². The highest BCUT2D eigenvalue weighted by Crippen LogP contribution is 2.20. The Labute approximate surface area is 127 Å². The molecule has 0 bridgehead atoms. The Morgan fingerprint density at radius 1 is 1.32 bits per heavy atom. The number of carboxylic acids is 1. The Bertz CT molecular complexity index is 795. The highest BCUT2D eigenvalue weighted by molar-refractivity contribution is 5.85. The minimum Gasteiger partial charge on any atom is -0.480 e. The first-order valence-corrected chi connectivity index (χ1v) is 6.89. The Balaban J connectivity index is 1.82. The average molecular weight is 296 g/mol. The van der Waals surface area contributed by atoms with E-state index in [1.165, 1.54) is 6.20 Å². The summed E-state index contributed by atoms with van der Waals surface area (Å²) in [6, 6.07) is 10.4. The van der Waals surface area contributed by atoms with Gasteiger partial charge < -0.3 is 21.1 Å². The minimum absolute atomic E-state index is 0.365. The topological polar surface area (TPSA) is 104 Å². The molecule has 0 saturated carbocycles. The minimum atomic E-state index is -0.915. The van der Waals surface area contributed by atoms with Crippen LogP contribution in [0.5, 0.6) is 0 Å². The molecule has 0 aliphatic heterocycles. The number of aromatic amines is 1. The molecular weight excluding hydrogens is 280 g/mol. The summed E-state index contributed by atoms with van der Waals surface area (Å²) >= 11 is 0. The van der Waals surface area contributed by atoms with Crippen LogP contribution in [0.3, 0.4) is 0 Å². The highest BCUT2D eigenvalue weighted by Gasteiger charge is 2.19. The number of nitrogens with two attached hydrogens (primary N) is 1. The third-order valence-corrected chi connectivity index (χ3v) is 3.52. The molecule has 22 heavy (non-hydrogen) atoms. The van der Waals surface area contributed by atoms with E-state index in [1.807, 2.05) is 30.5 Å². The molecule has 2 heterocycles. The quantitative estimate of drug-likeness (QED) is 0.578. The molecule has 0 aliphatic carbocycles. The van der Waals surface area contributed by atoms with E-state index in [0.29, 0.717) is 17.9 Å². The average Bonchev–Trinajstić information content (AvgIpc) is 2.92. The van der Waals surface area contributed by atoms with Gasteiger partial charge in [0.05, 0.1) is 11.9 Å². The SMILES string of the molecule is Nc1ccc(NC(Cc2c[nH]c3ccccc23)C(=O)O)cn1. The Morgan fingerprint density at radius 2 is 2.14 bits per heavy atom. The number of nitrogens with one attached hydrogen (secondary N) is 2. The highest BCUT2D eigenvalue weighted by atomic mass is 16.4. The molecule has 0 aliphatic rings. The van der Waals surface area contributed by atoms with Gasteiger partial charge in [0.1, 0.15) is 11.9 Å². The zero-order valence-electron chi connectivity index (χ0n) is 11.8. The standard InChI is InChI=1S/C16H16N4O2/c17-15-6-5-11(9-19-15)20-14(16(21)22)7-10-8-18-13-4-2-1-3-12(10)13/h1-6,8-9,14,18,20H,7H2,(H2,17,19)(H,21,22). The van der Waals surface area contributed by atoms with Gasteiger partial charge >= 0.3 is 5.97 Å². The number of nitrogens with zero attached hydrogens (tertiary/aromatic N) is 1. The number of nitrogen functional groups attached to an aromatic ring is 1. The summed E-state index contributed by atoms with van der Waals surface area (Å²) < 4.78 is 0. The molecule has 6 heteroatoms. The number of benzene rings is 1. The molecular formula is C16H16N4O2. The van der Waals surface area contributed by atoms with Crippen LogP contribution in [0.15, 0.2) is 48.8 Å². The number of para-hydroxylation sites is 1. The van der Waals surface area contributed by atoms with Crippen molar-refractivity contribution < 1.29 is 9.90 Å². The van der Waals surface area contributed by atoms with E-state index < -0.39 is 12.0 Å². The van der Waals surface area contributed by atoms with Gasteiger partial charge in [0.2, 0.25) is 0 Å². The van der Waals surface area contributed by atoms with Gasteiger partial charge in [0.25, 0.3) is 0 Å². The van der Waals surface area contributed by atoms with E-state index in [9.17, 15) is 9.90 Å². The van der Waals surface area contributed by atoms with Crippen LogP contribution in [0.2, 0.25) is 0 Å². The third-order valence-electron chi connectivity index (χ3n) is 3.52. The number of hydrogen-bond acceptors (Lipinski definition) is 4. The second-order valence-corrected chi connectivity index (χ2v) is 5.07. The zero-order valence-corrected chi connectivity index (χ0v) is 11.8. The summed E-state index contributed by atoms with van der Waals surface area (Å²) in [7, 11) is 0. The number of carbonyl (C=O) groups is 1. The van der Waals surface area contributed by atoms with Crippen molar-refractivity contribution in [3.63, 3.8) is 0 Å². The molecule has 0 amide bonds. The van der Waals surface area contributed by atoms with Crippen molar-refractivity contribution in [3.05, 3.63) is 54.4 Å². The normalized spacial score (nSPS) is 12.2. The van der Waals surface area contributed by atoms with E-state index >= 15 is 0 Å². The molecule has 1 atom stereocenters. The summed E-state index contributed by atoms with van der Waals surface area (Å²) in [5.41, 5.74) is 8.11. The van der Waals surface area contributed by atoms with Gasteiger partial charge in [-0.15, -0.1) is 0 Å². The predicted molar refractivity (Wildman–Crippen MR) is 85.7 cm³/mol. The van der Waals surface area contributed by atoms with Crippen molar-refractivity contribution in [1.82, 2.24) is 9.97 Å². The van der Waals surface area contributed by atoms with Crippen LogP contribution in [0.25, 0.3) is 10.9 Å². The molecule has 0 spiro atoms. The van der Waals surface area contributed by atoms with Crippen LogP contribution in [-0.4, -0.2) is 27.1 Å². The van der Waals surface area contributed by atoms with Crippen LogP contribution in [0.1, 0.15) is 5.56 Å². The van der Waals surface area contributed by atoms with Crippen molar-refractivity contribution in [3.8, 4) is 0 Å². The van der Waals surface area contributed by atoms with Gasteiger partial charge in [-0.25, -0.2) is 9.78 Å². The number of H-pyrrole nitrogens is 1. The van der Waals surface area contributed by atoms with Crippen molar-refractivity contribution in [2.75, 3.05) is 11.1 Å². The lowest BCUT2D eigenvalue weighted by Gasteiger charge is -2.15. The van der Waals surface area contributed by atoms with Crippen LogP contribution in [0, 0.1) is 0 Å². The Hall–Kier alpha value is -3.02. The first-order valence-electron chi connectivity index (χ1n) is 6.89. The molecule has 2 aromatic heterocycles. The van der Waals surface area contributed by atoms with Gasteiger partial charge in [-0.1, -0.05) is 18.2 Å². The van der Waals surface area contributed by atoms with Crippen molar-refractivity contribution in [2.45, 2.75) is 12.5 Å². The smallest absolute Gasteiger partial charge is 0.326 e. The number of pyridine rings is 1. The van der Waals surface area contributed by atoms with Crippen molar-refractivity contribution in [1.29, 1.82) is 0 Å². The van der Waals surface area contributed by atoms with Crippen molar-refractivity contribution >= 4 is 28.4 Å². The van der Waals surface area contributed by atoms with Crippen molar-refractivity contribution in [2.24, 2.45) is 0 Å². The molecule has 5 N–H and O–H groups in total. The maximum Gasteiger partial charge on any atom is 0.326 e. The lowest BCUT2D eigenvalue weighted by atomic mass is 10.0.